The molecule has 2 aliphatic carbocycles. The molecule has 2 nitrogen and oxygen atoms in total. The van der Waals surface area contributed by atoms with E-state index >= 15 is 0 Å². The van der Waals surface area contributed by atoms with Crippen molar-refractivity contribution in [3.63, 3.8) is 0 Å². The smallest absolute Gasteiger partial charge is 0.0124 e. The molecule has 2 fully saturated rings. The zero-order valence-corrected chi connectivity index (χ0v) is 11.0. The van der Waals surface area contributed by atoms with Crippen molar-refractivity contribution >= 4 is 0 Å². The van der Waals surface area contributed by atoms with Crippen LogP contribution in [0.1, 0.15) is 45.4 Å². The molecule has 1 N–H and O–H groups in total. The van der Waals surface area contributed by atoms with Crippen LogP contribution in [0.3, 0.4) is 0 Å². The Labute approximate surface area is 101 Å². The Balaban J connectivity index is 1.55. The first-order chi connectivity index (χ1) is 7.81. The van der Waals surface area contributed by atoms with Gasteiger partial charge in [-0.1, -0.05) is 13.3 Å². The molecule has 0 bridgehead atoms. The van der Waals surface area contributed by atoms with Gasteiger partial charge in [-0.3, -0.25) is 0 Å². The third-order valence-corrected chi connectivity index (χ3v) is 4.03. The summed E-state index contributed by atoms with van der Waals surface area (Å²) >= 11 is 0. The minimum atomic E-state index is 0.875. The largest absolute Gasteiger partial charge is 0.312 e. The van der Waals surface area contributed by atoms with Crippen molar-refractivity contribution in [2.24, 2.45) is 11.8 Å². The van der Waals surface area contributed by atoms with Gasteiger partial charge in [-0.15, -0.1) is 0 Å². The molecule has 0 aromatic carbocycles. The van der Waals surface area contributed by atoms with E-state index in [4.69, 9.17) is 0 Å². The average molecular weight is 224 g/mol. The van der Waals surface area contributed by atoms with Gasteiger partial charge in [0.15, 0.2) is 0 Å². The van der Waals surface area contributed by atoms with Crippen LogP contribution in [0, 0.1) is 11.8 Å². The Bertz CT molecular complexity index is 185. The van der Waals surface area contributed by atoms with Crippen molar-refractivity contribution in [2.75, 3.05) is 26.7 Å². The lowest BCUT2D eigenvalue weighted by Gasteiger charge is -2.21. The molecule has 2 rings (SSSR count). The highest BCUT2D eigenvalue weighted by molar-refractivity contribution is 4.96. The van der Waals surface area contributed by atoms with E-state index in [0.29, 0.717) is 0 Å². The summed E-state index contributed by atoms with van der Waals surface area (Å²) in [6.07, 6.45) is 8.59. The number of likely N-dealkylation sites (N-methyl/N-ethyl adjacent to an activating group) is 1. The lowest BCUT2D eigenvalue weighted by Crippen LogP contribution is -2.38. The van der Waals surface area contributed by atoms with Crippen LogP contribution in [-0.4, -0.2) is 37.6 Å². The highest BCUT2D eigenvalue weighted by Crippen LogP contribution is 2.44. The predicted octanol–water partition coefficient (Wildman–Crippen LogP) is 2.50. The van der Waals surface area contributed by atoms with E-state index in [1.54, 1.807) is 0 Å². The Morgan fingerprint density at radius 3 is 2.25 bits per heavy atom. The maximum Gasteiger partial charge on any atom is 0.0124 e. The Kier molecular flexibility index (Phi) is 4.66. The van der Waals surface area contributed by atoms with Gasteiger partial charge in [0.2, 0.25) is 0 Å². The summed E-state index contributed by atoms with van der Waals surface area (Å²) in [5, 5.41) is 3.81. The van der Waals surface area contributed by atoms with Gasteiger partial charge in [0.25, 0.3) is 0 Å². The molecule has 0 spiro atoms. The molecule has 2 saturated carbocycles. The maximum absolute atomic E-state index is 3.81. The van der Waals surface area contributed by atoms with Crippen molar-refractivity contribution < 1.29 is 0 Å². The lowest BCUT2D eigenvalue weighted by atomic mass is 10.1. The summed E-state index contributed by atoms with van der Waals surface area (Å²) in [7, 11) is 2.25. The topological polar surface area (TPSA) is 15.3 Å². The number of nitrogens with one attached hydrogen (secondary N) is 1. The molecule has 0 unspecified atom stereocenters. The van der Waals surface area contributed by atoms with E-state index in [2.05, 4.69) is 24.2 Å². The number of nitrogens with zero attached hydrogens (tertiary/aromatic N) is 1. The fraction of sp³-hybridized carbons (Fsp3) is 1.00. The van der Waals surface area contributed by atoms with Crippen molar-refractivity contribution in [3.05, 3.63) is 0 Å². The molecule has 0 aromatic heterocycles. The van der Waals surface area contributed by atoms with Crippen molar-refractivity contribution in [2.45, 2.75) is 51.5 Å². The molecule has 0 amide bonds. The number of unbranched alkanes of at least 4 members (excludes halogenated alkanes) is 1. The van der Waals surface area contributed by atoms with Crippen LogP contribution in [0.4, 0.5) is 0 Å². The second-order valence-electron chi connectivity index (χ2n) is 5.81. The van der Waals surface area contributed by atoms with E-state index in [9.17, 15) is 0 Å². The summed E-state index contributed by atoms with van der Waals surface area (Å²) < 4.78 is 0. The van der Waals surface area contributed by atoms with Gasteiger partial charge in [0.1, 0.15) is 0 Å². The summed E-state index contributed by atoms with van der Waals surface area (Å²) in [4.78, 5) is 2.47. The van der Waals surface area contributed by atoms with Crippen molar-refractivity contribution in [1.29, 1.82) is 0 Å². The van der Waals surface area contributed by atoms with E-state index in [-0.39, 0.29) is 0 Å². The van der Waals surface area contributed by atoms with Crippen LogP contribution < -0.4 is 5.32 Å². The van der Waals surface area contributed by atoms with Crippen molar-refractivity contribution in [3.8, 4) is 0 Å². The minimum absolute atomic E-state index is 0.875. The molecule has 0 atom stereocenters. The van der Waals surface area contributed by atoms with Crippen LogP contribution in [0.2, 0.25) is 0 Å². The second kappa shape index (κ2) is 6.02. The van der Waals surface area contributed by atoms with E-state index in [1.807, 2.05) is 0 Å². The zero-order chi connectivity index (χ0) is 11.4. The molecular formula is C14H28N2. The first-order valence-corrected chi connectivity index (χ1v) is 7.23. The molecule has 16 heavy (non-hydrogen) atoms. The third-order valence-electron chi connectivity index (χ3n) is 4.03. The highest BCUT2D eigenvalue weighted by Gasteiger charge is 2.40. The third kappa shape index (κ3) is 4.06. The summed E-state index contributed by atoms with van der Waals surface area (Å²) in [5.41, 5.74) is 0. The lowest BCUT2D eigenvalue weighted by molar-refractivity contribution is 0.307. The van der Waals surface area contributed by atoms with Gasteiger partial charge in [-0.25, -0.2) is 0 Å². The monoisotopic (exact) mass is 224 g/mol. The SMILES string of the molecule is CCCCN(C)CCNC(C1CC1)C1CC1. The van der Waals surface area contributed by atoms with Gasteiger partial charge in [0, 0.05) is 19.1 Å². The Hall–Kier alpha value is -0.0800. The van der Waals surface area contributed by atoms with Crippen LogP contribution in [0.15, 0.2) is 0 Å². The van der Waals surface area contributed by atoms with Crippen LogP contribution in [0.25, 0.3) is 0 Å². The first kappa shape index (κ1) is 12.4. The molecule has 2 aliphatic rings. The Morgan fingerprint density at radius 1 is 1.12 bits per heavy atom. The standard InChI is InChI=1S/C14H28N2/c1-3-4-10-16(2)11-9-15-14(12-5-6-12)13-7-8-13/h12-15H,3-11H2,1-2H3. The summed E-state index contributed by atoms with van der Waals surface area (Å²) in [6, 6.07) is 0.875. The highest BCUT2D eigenvalue weighted by atomic mass is 15.1. The first-order valence-electron chi connectivity index (χ1n) is 7.23. The molecule has 0 aliphatic heterocycles. The molecular weight excluding hydrogens is 196 g/mol. The van der Waals surface area contributed by atoms with E-state index < -0.39 is 0 Å². The molecule has 0 radical (unpaired) electrons. The molecule has 94 valence electrons. The normalized spacial score (nSPS) is 21.0. The average Bonchev–Trinajstić information content (AvgIpc) is 3.14. The maximum atomic E-state index is 3.81. The second-order valence-corrected chi connectivity index (χ2v) is 5.81. The van der Waals surface area contributed by atoms with Gasteiger partial charge < -0.3 is 10.2 Å². The van der Waals surface area contributed by atoms with E-state index in [0.717, 1.165) is 17.9 Å². The minimum Gasteiger partial charge on any atom is -0.312 e. The summed E-state index contributed by atoms with van der Waals surface area (Å²) in [6.45, 7) is 5.94. The predicted molar refractivity (Wildman–Crippen MR) is 69.6 cm³/mol. The molecule has 0 heterocycles. The van der Waals surface area contributed by atoms with Gasteiger partial charge in [-0.2, -0.15) is 0 Å². The van der Waals surface area contributed by atoms with Crippen LogP contribution in [0.5, 0.6) is 0 Å². The Morgan fingerprint density at radius 2 is 1.75 bits per heavy atom. The number of hydrogen-bond acceptors (Lipinski definition) is 2. The molecule has 0 saturated heterocycles. The fourth-order valence-electron chi connectivity index (χ4n) is 2.59. The number of rotatable bonds is 9. The van der Waals surface area contributed by atoms with E-state index in [1.165, 1.54) is 58.2 Å². The van der Waals surface area contributed by atoms with Gasteiger partial charge >= 0.3 is 0 Å². The molecule has 2 heteroatoms. The van der Waals surface area contributed by atoms with Gasteiger partial charge in [0.05, 0.1) is 0 Å². The van der Waals surface area contributed by atoms with Gasteiger partial charge in [-0.05, 0) is 57.5 Å². The number of hydrogen-bond donors (Lipinski definition) is 1. The quantitative estimate of drug-likeness (QED) is 0.647. The van der Waals surface area contributed by atoms with Crippen LogP contribution >= 0.6 is 0 Å². The van der Waals surface area contributed by atoms with Crippen LogP contribution in [-0.2, 0) is 0 Å². The van der Waals surface area contributed by atoms with Crippen molar-refractivity contribution in [1.82, 2.24) is 10.2 Å². The zero-order valence-electron chi connectivity index (χ0n) is 11.0. The molecule has 0 aromatic rings. The fourth-order valence-corrected chi connectivity index (χ4v) is 2.59. The summed E-state index contributed by atoms with van der Waals surface area (Å²) in [5.74, 6) is 2.07.